The number of benzene rings is 1. The smallest absolute Gasteiger partial charge is 0.250 e. The molecule has 0 unspecified atom stereocenters. The van der Waals surface area contributed by atoms with Gasteiger partial charge < -0.3 is 20.5 Å². The highest BCUT2D eigenvalue weighted by Gasteiger charge is 2.72. The number of rotatable bonds is 5. The van der Waals surface area contributed by atoms with Crippen LogP contribution in [-0.2, 0) is 16.6 Å². The van der Waals surface area contributed by atoms with Gasteiger partial charge in [-0.05, 0) is 87.5 Å². The molecule has 178 valence electrons. The highest BCUT2D eigenvalue weighted by atomic mass is 16.5. The molecule has 2 saturated carbocycles. The standard InChI is InChI=1S/C27H37N3O3/c31-16-22(32)29-19-7-6-18-14-21-26(15-17-4-5-17)9-8-20(30-12-2-1-3-13-30)25-27(26,10-11-28-21)23(18)24(19)33-25/h6-7,17,20-21,25,28,31H,1-5,8-16H2,(H,29,32)/t20-,21-,25+,26-,27+/m1/s1. The van der Waals surface area contributed by atoms with Gasteiger partial charge in [-0.2, -0.15) is 0 Å². The van der Waals surface area contributed by atoms with Crippen LogP contribution in [0.4, 0.5) is 5.69 Å². The van der Waals surface area contributed by atoms with E-state index in [0.29, 0.717) is 12.1 Å². The molecular weight excluding hydrogens is 414 g/mol. The summed E-state index contributed by atoms with van der Waals surface area (Å²) >= 11 is 0. The summed E-state index contributed by atoms with van der Waals surface area (Å²) < 4.78 is 7.08. The van der Waals surface area contributed by atoms with E-state index in [4.69, 9.17) is 4.74 Å². The maximum atomic E-state index is 12.2. The summed E-state index contributed by atoms with van der Waals surface area (Å²) in [6, 6.07) is 5.22. The molecule has 2 saturated heterocycles. The Balaban J connectivity index is 1.40. The third-order valence-corrected chi connectivity index (χ3v) is 10.2. The zero-order valence-electron chi connectivity index (χ0n) is 19.6. The minimum absolute atomic E-state index is 0.0364. The van der Waals surface area contributed by atoms with Gasteiger partial charge >= 0.3 is 0 Å². The molecule has 3 heterocycles. The number of nitrogens with one attached hydrogen (secondary N) is 2. The average Bonchev–Trinajstić information content (AvgIpc) is 3.57. The van der Waals surface area contributed by atoms with Gasteiger partial charge in [0.05, 0.1) is 5.69 Å². The fourth-order valence-electron chi connectivity index (χ4n) is 8.80. The first-order chi connectivity index (χ1) is 16.2. The topological polar surface area (TPSA) is 73.8 Å². The Bertz CT molecular complexity index is 972. The normalized spacial score (nSPS) is 39.0. The average molecular weight is 452 g/mol. The molecule has 6 nitrogen and oxygen atoms in total. The van der Waals surface area contributed by atoms with Crippen LogP contribution in [-0.4, -0.2) is 60.3 Å². The lowest BCUT2D eigenvalue weighted by Crippen LogP contribution is -2.74. The molecule has 1 amide bonds. The molecule has 5 atom stereocenters. The third kappa shape index (κ3) is 2.80. The minimum Gasteiger partial charge on any atom is -0.485 e. The SMILES string of the molecule is O=C(CO)Nc1ccc2c3c1O[C@H]1[C@H](N4CCCCC4)CC[C@@]4(CC5CC5)[C@@H](C2)NCC[C@]314. The maximum Gasteiger partial charge on any atom is 0.250 e. The van der Waals surface area contributed by atoms with E-state index in [1.165, 1.54) is 75.6 Å². The molecule has 6 heteroatoms. The van der Waals surface area contributed by atoms with Gasteiger partial charge in [0.25, 0.3) is 0 Å². The van der Waals surface area contributed by atoms with Crippen molar-refractivity contribution in [1.29, 1.82) is 0 Å². The van der Waals surface area contributed by atoms with Crippen LogP contribution < -0.4 is 15.4 Å². The van der Waals surface area contributed by atoms with Crippen molar-refractivity contribution in [3.8, 4) is 5.75 Å². The van der Waals surface area contributed by atoms with Crippen molar-refractivity contribution >= 4 is 11.6 Å². The summed E-state index contributed by atoms with van der Waals surface area (Å²) in [5.74, 6) is 1.43. The van der Waals surface area contributed by atoms with Gasteiger partial charge in [-0.25, -0.2) is 0 Å². The second-order valence-corrected chi connectivity index (χ2v) is 11.7. The van der Waals surface area contributed by atoms with E-state index in [0.717, 1.165) is 36.7 Å². The fourth-order valence-corrected chi connectivity index (χ4v) is 8.80. The molecule has 0 aromatic heterocycles. The Labute approximate surface area is 196 Å². The van der Waals surface area contributed by atoms with Gasteiger partial charge in [0.1, 0.15) is 18.5 Å². The fraction of sp³-hybridized carbons (Fsp3) is 0.741. The van der Waals surface area contributed by atoms with E-state index < -0.39 is 6.61 Å². The number of hydrogen-bond donors (Lipinski definition) is 3. The quantitative estimate of drug-likeness (QED) is 0.642. The highest BCUT2D eigenvalue weighted by Crippen LogP contribution is 2.70. The van der Waals surface area contributed by atoms with Crippen LogP contribution in [0, 0.1) is 11.3 Å². The molecule has 3 N–H and O–H groups in total. The Morgan fingerprint density at radius 1 is 1.18 bits per heavy atom. The van der Waals surface area contributed by atoms with Crippen LogP contribution >= 0.6 is 0 Å². The number of aliphatic hydroxyl groups excluding tert-OH is 1. The second-order valence-electron chi connectivity index (χ2n) is 11.7. The molecule has 4 fully saturated rings. The van der Waals surface area contributed by atoms with Gasteiger partial charge in [-0.1, -0.05) is 25.3 Å². The van der Waals surface area contributed by atoms with Crippen molar-refractivity contribution in [2.45, 2.75) is 87.8 Å². The molecule has 3 aliphatic carbocycles. The van der Waals surface area contributed by atoms with Crippen molar-refractivity contribution < 1.29 is 14.6 Å². The third-order valence-electron chi connectivity index (χ3n) is 10.2. The van der Waals surface area contributed by atoms with E-state index in [1.54, 1.807) is 0 Å². The molecule has 3 aliphatic heterocycles. The lowest BCUT2D eigenvalue weighted by molar-refractivity contribution is -0.121. The van der Waals surface area contributed by atoms with Gasteiger partial charge in [0, 0.05) is 23.1 Å². The van der Waals surface area contributed by atoms with Crippen molar-refractivity contribution in [1.82, 2.24) is 10.2 Å². The first kappa shape index (κ1) is 20.7. The number of hydrogen-bond acceptors (Lipinski definition) is 5. The van der Waals surface area contributed by atoms with Crippen LogP contribution in [0.1, 0.15) is 68.9 Å². The van der Waals surface area contributed by atoms with Gasteiger partial charge in [0.15, 0.2) is 0 Å². The summed E-state index contributed by atoms with van der Waals surface area (Å²) in [5.41, 5.74) is 3.88. The van der Waals surface area contributed by atoms with Crippen molar-refractivity contribution in [2.75, 3.05) is 31.6 Å². The summed E-state index contributed by atoms with van der Waals surface area (Å²) in [4.78, 5) is 14.9. The zero-order valence-corrected chi connectivity index (χ0v) is 19.6. The molecule has 33 heavy (non-hydrogen) atoms. The van der Waals surface area contributed by atoms with Crippen LogP contribution in [0.2, 0.25) is 0 Å². The Kier molecular flexibility index (Phi) is 4.67. The highest BCUT2D eigenvalue weighted by molar-refractivity contribution is 5.94. The number of carbonyl (C=O) groups excluding carboxylic acids is 1. The van der Waals surface area contributed by atoms with Crippen LogP contribution in [0.15, 0.2) is 12.1 Å². The Morgan fingerprint density at radius 3 is 2.82 bits per heavy atom. The first-order valence-electron chi connectivity index (χ1n) is 13.4. The van der Waals surface area contributed by atoms with Gasteiger partial charge in [-0.3, -0.25) is 9.69 Å². The number of aliphatic hydroxyl groups is 1. The summed E-state index contributed by atoms with van der Waals surface area (Å²) in [5, 5.41) is 16.3. The van der Waals surface area contributed by atoms with Gasteiger partial charge in [0.2, 0.25) is 5.91 Å². The molecule has 7 rings (SSSR count). The van der Waals surface area contributed by atoms with Crippen LogP contribution in [0.5, 0.6) is 5.75 Å². The van der Waals surface area contributed by atoms with Crippen molar-refractivity contribution in [2.24, 2.45) is 11.3 Å². The van der Waals surface area contributed by atoms with E-state index in [-0.39, 0.29) is 22.8 Å². The summed E-state index contributed by atoms with van der Waals surface area (Å²) in [6.45, 7) is 2.93. The number of likely N-dealkylation sites (tertiary alicyclic amines) is 1. The monoisotopic (exact) mass is 451 g/mol. The molecule has 0 radical (unpaired) electrons. The first-order valence-corrected chi connectivity index (χ1v) is 13.4. The molecule has 1 aromatic rings. The Morgan fingerprint density at radius 2 is 2.03 bits per heavy atom. The van der Waals surface area contributed by atoms with E-state index in [9.17, 15) is 9.90 Å². The summed E-state index contributed by atoms with van der Waals surface area (Å²) in [6.07, 6.45) is 12.9. The molecular formula is C27H37N3O3. The number of nitrogens with zero attached hydrogens (tertiary/aromatic N) is 1. The van der Waals surface area contributed by atoms with Crippen LogP contribution in [0.3, 0.4) is 0 Å². The van der Waals surface area contributed by atoms with Gasteiger partial charge in [-0.15, -0.1) is 0 Å². The predicted octanol–water partition coefficient (Wildman–Crippen LogP) is 2.97. The minimum atomic E-state index is -0.501. The number of ether oxygens (including phenoxy) is 1. The number of piperidine rings is 2. The van der Waals surface area contributed by atoms with E-state index in [1.807, 2.05) is 6.07 Å². The molecule has 6 aliphatic rings. The Hall–Kier alpha value is -1.63. The summed E-state index contributed by atoms with van der Waals surface area (Å²) in [7, 11) is 0. The molecule has 1 spiro atoms. The number of carbonyl (C=O) groups is 1. The largest absolute Gasteiger partial charge is 0.485 e. The van der Waals surface area contributed by atoms with Crippen molar-refractivity contribution in [3.63, 3.8) is 0 Å². The lowest BCUT2D eigenvalue weighted by Gasteiger charge is -2.66. The zero-order chi connectivity index (χ0) is 22.2. The second kappa shape index (κ2) is 7.43. The number of amides is 1. The lowest BCUT2D eigenvalue weighted by atomic mass is 9.42. The van der Waals surface area contributed by atoms with E-state index >= 15 is 0 Å². The van der Waals surface area contributed by atoms with Crippen LogP contribution in [0.25, 0.3) is 0 Å². The molecule has 2 bridgehead atoms. The predicted molar refractivity (Wildman–Crippen MR) is 127 cm³/mol. The maximum absolute atomic E-state index is 12.2. The van der Waals surface area contributed by atoms with Crippen molar-refractivity contribution in [3.05, 3.63) is 23.3 Å². The molecule has 1 aromatic carbocycles. The number of anilines is 1. The van der Waals surface area contributed by atoms with E-state index in [2.05, 4.69) is 21.6 Å².